The molecule has 1 aromatic rings. The summed E-state index contributed by atoms with van der Waals surface area (Å²) in [5, 5.41) is 1.82. The maximum absolute atomic E-state index is 12.0. The lowest BCUT2D eigenvalue weighted by Crippen LogP contribution is -2.39. The molecule has 1 aliphatic heterocycles. The Labute approximate surface area is 129 Å². The average Bonchev–Trinajstić information content (AvgIpc) is 2.39. The predicted molar refractivity (Wildman–Crippen MR) is 83.2 cm³/mol. The molecule has 20 heavy (non-hydrogen) atoms. The Morgan fingerprint density at radius 3 is 2.55 bits per heavy atom. The molecule has 1 aromatic carbocycles. The Bertz CT molecular complexity index is 464. The number of rotatable bonds is 2. The van der Waals surface area contributed by atoms with Crippen LogP contribution in [0.1, 0.15) is 45.1 Å². The van der Waals surface area contributed by atoms with E-state index < -0.39 is 5.41 Å². The number of hydrogen-bond acceptors (Lipinski definition) is 3. The Morgan fingerprint density at radius 2 is 1.95 bits per heavy atom. The molecule has 4 heteroatoms. The zero-order valence-corrected chi connectivity index (χ0v) is 13.9. The van der Waals surface area contributed by atoms with Gasteiger partial charge in [0.1, 0.15) is 0 Å². The topological polar surface area (TPSA) is 29.5 Å². The number of nitrogens with zero attached hydrogens (tertiary/aromatic N) is 1. The summed E-state index contributed by atoms with van der Waals surface area (Å²) in [5.41, 5.74) is 0.856. The lowest BCUT2D eigenvalue weighted by molar-refractivity contribution is -0.205. The molecule has 0 aromatic heterocycles. The van der Waals surface area contributed by atoms with Crippen LogP contribution >= 0.6 is 15.9 Å². The van der Waals surface area contributed by atoms with Gasteiger partial charge in [0.2, 0.25) is 0 Å². The van der Waals surface area contributed by atoms with Crippen LogP contribution in [0.15, 0.2) is 28.7 Å². The zero-order valence-electron chi connectivity index (χ0n) is 12.4. The summed E-state index contributed by atoms with van der Waals surface area (Å²) < 4.78 is 1.09. The molecular formula is C16H22BrNO2. The van der Waals surface area contributed by atoms with Crippen LogP contribution in [0, 0.1) is 5.41 Å². The molecule has 0 unspecified atom stereocenters. The third-order valence-electron chi connectivity index (χ3n) is 3.55. The van der Waals surface area contributed by atoms with E-state index in [1.165, 1.54) is 5.56 Å². The number of hydroxylamine groups is 2. The Kier molecular flexibility index (Phi) is 4.86. The second-order valence-electron chi connectivity index (χ2n) is 6.41. The highest BCUT2D eigenvalue weighted by Crippen LogP contribution is 2.28. The van der Waals surface area contributed by atoms with Crippen molar-refractivity contribution in [3.05, 3.63) is 34.3 Å². The van der Waals surface area contributed by atoms with Crippen molar-refractivity contribution in [3.63, 3.8) is 0 Å². The molecule has 2 rings (SSSR count). The first-order chi connectivity index (χ1) is 9.36. The molecule has 0 bridgehead atoms. The molecule has 1 saturated heterocycles. The van der Waals surface area contributed by atoms with Crippen molar-refractivity contribution in [3.8, 4) is 0 Å². The number of carbonyl (C=O) groups excluding carboxylic acids is 1. The lowest BCUT2D eigenvalue weighted by atomic mass is 9.91. The molecule has 0 saturated carbocycles. The number of benzene rings is 1. The molecule has 110 valence electrons. The van der Waals surface area contributed by atoms with Crippen molar-refractivity contribution in [1.82, 2.24) is 5.06 Å². The molecule has 1 atom stereocenters. The van der Waals surface area contributed by atoms with Crippen LogP contribution in [-0.4, -0.2) is 24.1 Å². The van der Waals surface area contributed by atoms with Gasteiger partial charge in [-0.1, -0.05) is 28.1 Å². The fourth-order valence-electron chi connectivity index (χ4n) is 2.29. The summed E-state index contributed by atoms with van der Waals surface area (Å²) in [7, 11) is 0. The lowest BCUT2D eigenvalue weighted by Gasteiger charge is -2.33. The quantitative estimate of drug-likeness (QED) is 0.811. The largest absolute Gasteiger partial charge is 0.367 e. The second-order valence-corrected chi connectivity index (χ2v) is 7.32. The van der Waals surface area contributed by atoms with Crippen LogP contribution in [0.4, 0.5) is 0 Å². The minimum absolute atomic E-state index is 0.158. The SMILES string of the molecule is CC(C)(C)C(=O)ON1CCC[C@@H](c2ccc(Br)cc2)C1. The van der Waals surface area contributed by atoms with Gasteiger partial charge in [-0.3, -0.25) is 0 Å². The summed E-state index contributed by atoms with van der Waals surface area (Å²) in [6, 6.07) is 8.42. The van der Waals surface area contributed by atoms with E-state index in [1.54, 1.807) is 0 Å². The minimum atomic E-state index is -0.454. The smallest absolute Gasteiger partial charge is 0.330 e. The first-order valence-corrected chi connectivity index (χ1v) is 7.88. The van der Waals surface area contributed by atoms with Gasteiger partial charge in [0.15, 0.2) is 0 Å². The van der Waals surface area contributed by atoms with Crippen LogP contribution in [0.2, 0.25) is 0 Å². The molecule has 0 aliphatic carbocycles. The highest BCUT2D eigenvalue weighted by Gasteiger charge is 2.29. The van der Waals surface area contributed by atoms with Gasteiger partial charge >= 0.3 is 5.97 Å². The van der Waals surface area contributed by atoms with Crippen molar-refractivity contribution in [2.45, 2.75) is 39.5 Å². The number of halogens is 1. The van der Waals surface area contributed by atoms with E-state index in [0.717, 1.165) is 30.4 Å². The first kappa shape index (κ1) is 15.5. The van der Waals surface area contributed by atoms with Crippen molar-refractivity contribution >= 4 is 21.9 Å². The van der Waals surface area contributed by atoms with E-state index in [1.807, 2.05) is 25.8 Å². The molecule has 1 fully saturated rings. The Hall–Kier alpha value is -0.870. The molecule has 0 spiro atoms. The van der Waals surface area contributed by atoms with Gasteiger partial charge in [0.05, 0.1) is 5.41 Å². The van der Waals surface area contributed by atoms with Crippen molar-refractivity contribution in [2.24, 2.45) is 5.41 Å². The van der Waals surface area contributed by atoms with Gasteiger partial charge in [-0.05, 0) is 57.2 Å². The van der Waals surface area contributed by atoms with E-state index in [2.05, 4.69) is 40.2 Å². The highest BCUT2D eigenvalue weighted by atomic mass is 79.9. The van der Waals surface area contributed by atoms with E-state index in [9.17, 15) is 4.79 Å². The fourth-order valence-corrected chi connectivity index (χ4v) is 2.55. The van der Waals surface area contributed by atoms with E-state index >= 15 is 0 Å². The predicted octanol–water partition coefficient (Wildman–Crippen LogP) is 4.13. The standard InChI is InChI=1S/C16H22BrNO2/c1-16(2,3)15(19)20-18-10-4-5-13(11-18)12-6-8-14(17)9-7-12/h6-9,13H,4-5,10-11H2,1-3H3/t13-/m1/s1. The summed E-state index contributed by atoms with van der Waals surface area (Å²) in [6.45, 7) is 7.25. The average molecular weight is 340 g/mol. The van der Waals surface area contributed by atoms with Crippen molar-refractivity contribution in [2.75, 3.05) is 13.1 Å². The number of hydrogen-bond donors (Lipinski definition) is 0. The van der Waals surface area contributed by atoms with Crippen LogP contribution < -0.4 is 0 Å². The molecule has 0 amide bonds. The van der Waals surface area contributed by atoms with E-state index in [-0.39, 0.29) is 5.97 Å². The number of carbonyl (C=O) groups is 1. The minimum Gasteiger partial charge on any atom is -0.367 e. The van der Waals surface area contributed by atoms with E-state index in [4.69, 9.17) is 4.84 Å². The monoisotopic (exact) mass is 339 g/mol. The normalized spacial score (nSPS) is 20.7. The summed E-state index contributed by atoms with van der Waals surface area (Å²) in [4.78, 5) is 17.5. The second kappa shape index (κ2) is 6.27. The van der Waals surface area contributed by atoms with Crippen LogP contribution in [0.3, 0.4) is 0 Å². The van der Waals surface area contributed by atoms with Crippen LogP contribution in [0.5, 0.6) is 0 Å². The Balaban J connectivity index is 1.98. The van der Waals surface area contributed by atoms with Crippen LogP contribution in [-0.2, 0) is 9.63 Å². The van der Waals surface area contributed by atoms with Gasteiger partial charge in [-0.15, -0.1) is 5.06 Å². The number of piperidine rings is 1. The molecular weight excluding hydrogens is 318 g/mol. The molecule has 1 aliphatic rings. The molecule has 1 heterocycles. The van der Waals surface area contributed by atoms with Gasteiger partial charge in [-0.2, -0.15) is 0 Å². The maximum Gasteiger partial charge on any atom is 0.330 e. The molecule has 3 nitrogen and oxygen atoms in total. The van der Waals surface area contributed by atoms with Crippen molar-refractivity contribution < 1.29 is 9.63 Å². The zero-order chi connectivity index (χ0) is 14.8. The van der Waals surface area contributed by atoms with Gasteiger partial charge in [0.25, 0.3) is 0 Å². The highest BCUT2D eigenvalue weighted by molar-refractivity contribution is 9.10. The molecule has 0 N–H and O–H groups in total. The van der Waals surface area contributed by atoms with Gasteiger partial charge in [-0.25, -0.2) is 4.79 Å². The first-order valence-electron chi connectivity index (χ1n) is 7.09. The summed E-state index contributed by atoms with van der Waals surface area (Å²) >= 11 is 3.46. The molecule has 0 radical (unpaired) electrons. The van der Waals surface area contributed by atoms with Gasteiger partial charge < -0.3 is 4.84 Å². The maximum atomic E-state index is 12.0. The van der Waals surface area contributed by atoms with Gasteiger partial charge in [0, 0.05) is 17.6 Å². The summed E-state index contributed by atoms with van der Waals surface area (Å²) in [5.74, 6) is 0.276. The Morgan fingerprint density at radius 1 is 1.30 bits per heavy atom. The summed E-state index contributed by atoms with van der Waals surface area (Å²) in [6.07, 6.45) is 2.20. The van der Waals surface area contributed by atoms with E-state index in [0.29, 0.717) is 5.92 Å². The third kappa shape index (κ3) is 4.06. The van der Waals surface area contributed by atoms with Crippen LogP contribution in [0.25, 0.3) is 0 Å². The fraction of sp³-hybridized carbons (Fsp3) is 0.562. The van der Waals surface area contributed by atoms with Crippen molar-refractivity contribution in [1.29, 1.82) is 0 Å². The third-order valence-corrected chi connectivity index (χ3v) is 4.08.